The number of nitrogens with one attached hydrogen (secondary N) is 2. The van der Waals surface area contributed by atoms with Crippen molar-refractivity contribution >= 4 is 17.4 Å². The van der Waals surface area contributed by atoms with Crippen LogP contribution >= 0.6 is 0 Å². The first-order chi connectivity index (χ1) is 7.58. The number of hydrogen-bond donors (Lipinski definition) is 2. The van der Waals surface area contributed by atoms with Crippen LogP contribution in [0, 0.1) is 10.1 Å². The Labute approximate surface area is 91.2 Å². The molecule has 1 aliphatic rings. The zero-order chi connectivity index (χ0) is 11.7. The number of hydrogen-bond acceptors (Lipinski definition) is 4. The second-order valence-electron chi connectivity index (χ2n) is 3.41. The number of nitrogens with zero attached hydrogens (tertiary/aromatic N) is 2. The minimum absolute atomic E-state index is 0.0494. The molecular formula is C9H10N4O3. The third kappa shape index (κ3) is 1.80. The summed E-state index contributed by atoms with van der Waals surface area (Å²) in [5, 5.41) is 14.4. The quantitative estimate of drug-likeness (QED) is 0.576. The van der Waals surface area contributed by atoms with Crippen LogP contribution in [0.2, 0.25) is 0 Å². The van der Waals surface area contributed by atoms with Gasteiger partial charge in [-0.3, -0.25) is 10.1 Å². The van der Waals surface area contributed by atoms with Crippen LogP contribution in [0.3, 0.4) is 0 Å². The van der Waals surface area contributed by atoms with Crippen LogP contribution in [-0.4, -0.2) is 17.1 Å². The van der Waals surface area contributed by atoms with Crippen molar-refractivity contribution in [3.63, 3.8) is 0 Å². The third-order valence-corrected chi connectivity index (χ3v) is 2.16. The molecule has 0 radical (unpaired) electrons. The van der Waals surface area contributed by atoms with Crippen molar-refractivity contribution in [1.82, 2.24) is 10.7 Å². The number of nitro benzene ring substituents is 1. The molecule has 0 aliphatic carbocycles. The molecule has 2 amide bonds. The van der Waals surface area contributed by atoms with Crippen LogP contribution < -0.4 is 15.8 Å². The molecule has 1 unspecified atom stereocenters. The molecule has 0 bridgehead atoms. The van der Waals surface area contributed by atoms with Crippen LogP contribution in [0.4, 0.5) is 16.2 Å². The molecule has 7 heteroatoms. The first kappa shape index (κ1) is 10.4. The van der Waals surface area contributed by atoms with E-state index < -0.39 is 4.92 Å². The van der Waals surface area contributed by atoms with Gasteiger partial charge >= 0.3 is 6.03 Å². The number of carbonyl (C=O) groups is 1. The molecule has 84 valence electrons. The fourth-order valence-corrected chi connectivity index (χ4v) is 1.47. The molecule has 0 spiro atoms. The van der Waals surface area contributed by atoms with E-state index in [1.165, 1.54) is 23.2 Å². The maximum absolute atomic E-state index is 11.4. The van der Waals surface area contributed by atoms with E-state index in [-0.39, 0.29) is 17.9 Å². The molecule has 1 aliphatic heterocycles. The van der Waals surface area contributed by atoms with Gasteiger partial charge < -0.3 is 5.32 Å². The van der Waals surface area contributed by atoms with Crippen molar-refractivity contribution < 1.29 is 9.72 Å². The van der Waals surface area contributed by atoms with E-state index in [0.29, 0.717) is 5.69 Å². The predicted molar refractivity (Wildman–Crippen MR) is 56.7 cm³/mol. The third-order valence-electron chi connectivity index (χ3n) is 2.16. The number of hydrazine groups is 1. The van der Waals surface area contributed by atoms with Gasteiger partial charge in [-0.25, -0.2) is 15.2 Å². The highest BCUT2D eigenvalue weighted by molar-refractivity contribution is 5.93. The van der Waals surface area contributed by atoms with E-state index in [9.17, 15) is 14.9 Å². The largest absolute Gasteiger partial charge is 0.337 e. The summed E-state index contributed by atoms with van der Waals surface area (Å²) in [4.78, 5) is 21.5. The Morgan fingerprint density at radius 3 is 2.81 bits per heavy atom. The van der Waals surface area contributed by atoms with Gasteiger partial charge in [0.1, 0.15) is 0 Å². The lowest BCUT2D eigenvalue weighted by atomic mass is 10.3. The van der Waals surface area contributed by atoms with Crippen LogP contribution in [0.15, 0.2) is 24.3 Å². The first-order valence-corrected chi connectivity index (χ1v) is 4.69. The van der Waals surface area contributed by atoms with Gasteiger partial charge in [-0.1, -0.05) is 6.07 Å². The highest BCUT2D eigenvalue weighted by Crippen LogP contribution is 2.21. The van der Waals surface area contributed by atoms with E-state index in [2.05, 4.69) is 10.7 Å². The Bertz CT molecular complexity index is 448. The van der Waals surface area contributed by atoms with E-state index in [1.807, 2.05) is 0 Å². The van der Waals surface area contributed by atoms with Crippen LogP contribution in [0.25, 0.3) is 0 Å². The number of anilines is 1. The molecule has 2 N–H and O–H groups in total. The maximum atomic E-state index is 11.4. The van der Waals surface area contributed by atoms with Gasteiger partial charge in [0.2, 0.25) is 0 Å². The molecule has 2 rings (SSSR count). The normalized spacial score (nSPS) is 19.7. The van der Waals surface area contributed by atoms with E-state index in [4.69, 9.17) is 0 Å². The number of amides is 2. The van der Waals surface area contributed by atoms with E-state index in [1.54, 1.807) is 13.0 Å². The van der Waals surface area contributed by atoms with E-state index >= 15 is 0 Å². The molecule has 0 saturated carbocycles. The van der Waals surface area contributed by atoms with Gasteiger partial charge in [0, 0.05) is 12.1 Å². The number of non-ortho nitro benzene ring substituents is 1. The minimum Gasteiger partial charge on any atom is -0.320 e. The van der Waals surface area contributed by atoms with E-state index in [0.717, 1.165) is 0 Å². The fourth-order valence-electron chi connectivity index (χ4n) is 1.47. The van der Waals surface area contributed by atoms with Gasteiger partial charge in [0.25, 0.3) is 5.69 Å². The first-order valence-electron chi connectivity index (χ1n) is 4.69. The molecule has 1 fully saturated rings. The number of carbonyl (C=O) groups excluding carboxylic acids is 1. The smallest absolute Gasteiger partial charge is 0.320 e. The lowest BCUT2D eigenvalue weighted by molar-refractivity contribution is -0.384. The average Bonchev–Trinajstić information content (AvgIpc) is 2.58. The Balaban J connectivity index is 2.30. The van der Waals surface area contributed by atoms with Gasteiger partial charge in [0.15, 0.2) is 0 Å². The monoisotopic (exact) mass is 222 g/mol. The standard InChI is InChI=1S/C9H10N4O3/c1-6-10-9(14)12(11-6)7-3-2-4-8(5-7)13(15)16/h2-6,11H,1H3,(H,10,14). The summed E-state index contributed by atoms with van der Waals surface area (Å²) < 4.78 is 0. The summed E-state index contributed by atoms with van der Waals surface area (Å²) in [6.45, 7) is 1.77. The van der Waals surface area contributed by atoms with Crippen molar-refractivity contribution in [1.29, 1.82) is 0 Å². The highest BCUT2D eigenvalue weighted by Gasteiger charge is 2.26. The molecule has 1 saturated heterocycles. The molecule has 1 heterocycles. The summed E-state index contributed by atoms with van der Waals surface area (Å²) in [6, 6.07) is 5.54. The van der Waals surface area contributed by atoms with Crippen molar-refractivity contribution in [3.05, 3.63) is 34.4 Å². The lowest BCUT2D eigenvalue weighted by Crippen LogP contribution is -2.36. The van der Waals surface area contributed by atoms with Gasteiger partial charge in [-0.2, -0.15) is 0 Å². The summed E-state index contributed by atoms with van der Waals surface area (Å²) >= 11 is 0. The molecule has 0 aromatic heterocycles. The summed E-state index contributed by atoms with van der Waals surface area (Å²) in [6.07, 6.45) is -0.188. The van der Waals surface area contributed by atoms with Gasteiger partial charge in [-0.05, 0) is 13.0 Å². The average molecular weight is 222 g/mol. The Hall–Kier alpha value is -2.15. The molecule has 1 aromatic carbocycles. The molecule has 16 heavy (non-hydrogen) atoms. The van der Waals surface area contributed by atoms with Crippen molar-refractivity contribution in [2.75, 3.05) is 5.01 Å². The minimum atomic E-state index is -0.499. The zero-order valence-electron chi connectivity index (χ0n) is 8.51. The number of rotatable bonds is 2. The Morgan fingerprint density at radius 2 is 2.25 bits per heavy atom. The van der Waals surface area contributed by atoms with Crippen LogP contribution in [0.5, 0.6) is 0 Å². The van der Waals surface area contributed by atoms with Crippen LogP contribution in [-0.2, 0) is 0 Å². The zero-order valence-corrected chi connectivity index (χ0v) is 8.51. The topological polar surface area (TPSA) is 87.5 Å². The van der Waals surface area contributed by atoms with Gasteiger partial charge in [0.05, 0.1) is 16.8 Å². The van der Waals surface area contributed by atoms with Crippen molar-refractivity contribution in [2.24, 2.45) is 0 Å². The maximum Gasteiger partial charge on any atom is 0.337 e. The van der Waals surface area contributed by atoms with Crippen molar-refractivity contribution in [3.8, 4) is 0 Å². The number of benzene rings is 1. The fraction of sp³-hybridized carbons (Fsp3) is 0.222. The Kier molecular flexibility index (Phi) is 2.45. The van der Waals surface area contributed by atoms with Gasteiger partial charge in [-0.15, -0.1) is 0 Å². The molecular weight excluding hydrogens is 212 g/mol. The highest BCUT2D eigenvalue weighted by atomic mass is 16.6. The van der Waals surface area contributed by atoms with Crippen molar-refractivity contribution in [2.45, 2.75) is 13.1 Å². The summed E-state index contributed by atoms with van der Waals surface area (Å²) in [5.41, 5.74) is 3.23. The lowest BCUT2D eigenvalue weighted by Gasteiger charge is -2.14. The second kappa shape index (κ2) is 3.78. The number of nitro groups is 1. The Morgan fingerprint density at radius 1 is 1.50 bits per heavy atom. The summed E-state index contributed by atoms with van der Waals surface area (Å²) in [7, 11) is 0. The second-order valence-corrected chi connectivity index (χ2v) is 3.41. The number of urea groups is 1. The molecule has 7 nitrogen and oxygen atoms in total. The SMILES string of the molecule is CC1NC(=O)N(c2cccc([N+](=O)[O-])c2)N1. The molecule has 1 atom stereocenters. The molecule has 1 aromatic rings. The summed E-state index contributed by atoms with van der Waals surface area (Å²) in [5.74, 6) is 0. The van der Waals surface area contributed by atoms with Crippen LogP contribution in [0.1, 0.15) is 6.92 Å². The predicted octanol–water partition coefficient (Wildman–Crippen LogP) is 0.975.